The maximum Gasteiger partial charge on any atom is 0.361 e. The molecule has 0 saturated heterocycles. The van der Waals surface area contributed by atoms with Crippen molar-refractivity contribution in [3.05, 3.63) is 12.2 Å². The van der Waals surface area contributed by atoms with Crippen molar-refractivity contribution >= 4 is 11.9 Å². The van der Waals surface area contributed by atoms with E-state index < -0.39 is 36.7 Å². The Labute approximate surface area is 187 Å². The summed E-state index contributed by atoms with van der Waals surface area (Å²) in [6, 6.07) is 0. The second-order valence-corrected chi connectivity index (χ2v) is 8.22. The molecule has 0 amide bonds. The zero-order chi connectivity index (χ0) is 23.3. The number of hydrogen-bond donors (Lipinski definition) is 3. The van der Waals surface area contributed by atoms with E-state index >= 15 is 0 Å². The Kier molecular flexibility index (Phi) is 19.5. The van der Waals surface area contributed by atoms with Crippen molar-refractivity contribution in [2.45, 2.75) is 116 Å². The van der Waals surface area contributed by atoms with Crippen LogP contribution in [0.3, 0.4) is 0 Å². The summed E-state index contributed by atoms with van der Waals surface area (Å²) in [5.41, 5.74) is 0. The molecule has 3 unspecified atom stereocenters. The predicted octanol–water partition coefficient (Wildman–Crippen LogP) is 4.38. The lowest BCUT2D eigenvalue weighted by Crippen LogP contribution is -2.39. The van der Waals surface area contributed by atoms with Crippen molar-refractivity contribution in [2.24, 2.45) is 5.92 Å². The molecule has 0 heterocycles. The van der Waals surface area contributed by atoms with E-state index in [4.69, 9.17) is 5.11 Å². The molecule has 3 N–H and O–H groups in total. The van der Waals surface area contributed by atoms with Crippen LogP contribution in [0.25, 0.3) is 0 Å². The Morgan fingerprint density at radius 3 is 1.87 bits per heavy atom. The van der Waals surface area contributed by atoms with Crippen LogP contribution in [0.2, 0.25) is 0 Å². The third kappa shape index (κ3) is 16.9. The van der Waals surface area contributed by atoms with E-state index in [1.807, 2.05) is 0 Å². The summed E-state index contributed by atoms with van der Waals surface area (Å²) in [5.74, 6) is -2.75. The van der Waals surface area contributed by atoms with E-state index in [1.165, 1.54) is 51.9 Å². The molecule has 0 aliphatic rings. The highest BCUT2D eigenvalue weighted by Crippen LogP contribution is 2.12. The van der Waals surface area contributed by atoms with Crippen LogP contribution < -0.4 is 0 Å². The summed E-state index contributed by atoms with van der Waals surface area (Å²) in [4.78, 5) is 32.1. The minimum absolute atomic E-state index is 0.154. The summed E-state index contributed by atoms with van der Waals surface area (Å²) >= 11 is 0. The Balaban J connectivity index is 3.56. The van der Waals surface area contributed by atoms with Gasteiger partial charge < -0.3 is 15.3 Å². The number of unbranched alkanes of at least 4 members (excludes halogenated alkanes) is 11. The van der Waals surface area contributed by atoms with Gasteiger partial charge in [0, 0.05) is 0 Å². The first-order valence-electron chi connectivity index (χ1n) is 12.0. The van der Waals surface area contributed by atoms with Crippen molar-refractivity contribution in [1.82, 2.24) is 0 Å². The fourth-order valence-electron chi connectivity index (χ4n) is 3.13. The second-order valence-electron chi connectivity index (χ2n) is 8.22. The number of hydrogen-bond acceptors (Lipinski definition) is 7. The fraction of sp³-hybridized carbons (Fsp3) is 0.833. The molecule has 0 rings (SSSR count). The van der Waals surface area contributed by atoms with Gasteiger partial charge >= 0.3 is 11.9 Å². The SMILES string of the molecule is CCCCCCCC/C=C\CCCCCCCC(=O)OOC(=O)C(C)C(O)C(O)CO. The minimum Gasteiger partial charge on any atom is -0.394 e. The van der Waals surface area contributed by atoms with Crippen molar-refractivity contribution < 1.29 is 34.7 Å². The van der Waals surface area contributed by atoms with E-state index in [0.717, 1.165) is 32.1 Å². The number of carbonyl (C=O) groups excluding carboxylic acids is 2. The second kappa shape index (κ2) is 20.5. The van der Waals surface area contributed by atoms with Crippen LogP contribution in [-0.2, 0) is 19.4 Å². The van der Waals surface area contributed by atoms with Crippen LogP contribution in [0.15, 0.2) is 12.2 Å². The molecule has 0 aliphatic carbocycles. The molecule has 0 bridgehead atoms. The topological polar surface area (TPSA) is 113 Å². The lowest BCUT2D eigenvalue weighted by Gasteiger charge is -2.20. The van der Waals surface area contributed by atoms with Gasteiger partial charge in [-0.3, -0.25) is 0 Å². The molecule has 7 heteroatoms. The highest BCUT2D eigenvalue weighted by molar-refractivity contribution is 5.74. The maximum atomic E-state index is 11.7. The normalized spacial score (nSPS) is 14.4. The van der Waals surface area contributed by atoms with Gasteiger partial charge in [0.05, 0.1) is 25.0 Å². The van der Waals surface area contributed by atoms with Crippen molar-refractivity contribution in [2.75, 3.05) is 6.61 Å². The average molecular weight is 445 g/mol. The first kappa shape index (κ1) is 29.6. The van der Waals surface area contributed by atoms with E-state index in [1.54, 1.807) is 0 Å². The maximum absolute atomic E-state index is 11.7. The third-order valence-electron chi connectivity index (χ3n) is 5.32. The van der Waals surface area contributed by atoms with Gasteiger partial charge in [-0.2, -0.15) is 0 Å². The highest BCUT2D eigenvalue weighted by Gasteiger charge is 2.30. The largest absolute Gasteiger partial charge is 0.394 e. The molecule has 0 aliphatic heterocycles. The first-order valence-corrected chi connectivity index (χ1v) is 12.0. The van der Waals surface area contributed by atoms with Crippen LogP contribution in [0.1, 0.15) is 104 Å². The molecule has 0 aromatic rings. The molecular weight excluding hydrogens is 400 g/mol. The third-order valence-corrected chi connectivity index (χ3v) is 5.32. The monoisotopic (exact) mass is 444 g/mol. The van der Waals surface area contributed by atoms with Crippen LogP contribution in [0.4, 0.5) is 0 Å². The Hall–Kier alpha value is -1.44. The van der Waals surface area contributed by atoms with Crippen LogP contribution in [0.5, 0.6) is 0 Å². The van der Waals surface area contributed by atoms with Crippen molar-refractivity contribution in [3.63, 3.8) is 0 Å². The van der Waals surface area contributed by atoms with Gasteiger partial charge in [0.25, 0.3) is 0 Å². The smallest absolute Gasteiger partial charge is 0.361 e. The van der Waals surface area contributed by atoms with Gasteiger partial charge in [-0.1, -0.05) is 70.4 Å². The van der Waals surface area contributed by atoms with Gasteiger partial charge in [-0.05, 0) is 39.0 Å². The molecule has 0 aromatic carbocycles. The Morgan fingerprint density at radius 1 is 0.806 bits per heavy atom. The van der Waals surface area contributed by atoms with Gasteiger partial charge in [-0.15, -0.1) is 0 Å². The summed E-state index contributed by atoms with van der Waals surface area (Å²) in [7, 11) is 0. The summed E-state index contributed by atoms with van der Waals surface area (Å²) in [6.07, 6.45) is 16.9. The first-order chi connectivity index (χ1) is 14.9. The summed E-state index contributed by atoms with van der Waals surface area (Å²) in [6.45, 7) is 2.86. The molecule has 0 fully saturated rings. The summed E-state index contributed by atoms with van der Waals surface area (Å²) in [5, 5.41) is 27.7. The van der Waals surface area contributed by atoms with E-state index in [0.29, 0.717) is 6.42 Å². The molecule has 0 saturated carbocycles. The number of carbonyl (C=O) groups is 2. The number of aliphatic hydroxyl groups excluding tert-OH is 3. The van der Waals surface area contributed by atoms with Gasteiger partial charge in [-0.25, -0.2) is 19.4 Å². The lowest BCUT2D eigenvalue weighted by atomic mass is 10.0. The molecule has 31 heavy (non-hydrogen) atoms. The molecular formula is C24H44O7. The van der Waals surface area contributed by atoms with E-state index in [2.05, 4.69) is 28.9 Å². The highest BCUT2D eigenvalue weighted by atomic mass is 17.2. The Morgan fingerprint density at radius 2 is 1.32 bits per heavy atom. The van der Waals surface area contributed by atoms with E-state index in [9.17, 15) is 19.8 Å². The molecule has 0 spiro atoms. The molecule has 3 atom stereocenters. The standard InChI is InChI=1S/C24H44O7/c1-3-4-5-6-7-8-9-10-11-12-13-14-15-16-17-18-22(27)30-31-24(29)20(2)23(28)21(26)19-25/h10-11,20-21,23,25-26,28H,3-9,12-19H2,1-2H3/b11-10-. The quantitative estimate of drug-likeness (QED) is 0.117. The lowest BCUT2D eigenvalue weighted by molar-refractivity contribution is -0.264. The predicted molar refractivity (Wildman–Crippen MR) is 120 cm³/mol. The van der Waals surface area contributed by atoms with Gasteiger partial charge in [0.1, 0.15) is 6.10 Å². The van der Waals surface area contributed by atoms with Crippen LogP contribution in [0, 0.1) is 5.92 Å². The zero-order valence-corrected chi connectivity index (χ0v) is 19.5. The fourth-order valence-corrected chi connectivity index (χ4v) is 3.13. The molecule has 0 radical (unpaired) electrons. The summed E-state index contributed by atoms with van der Waals surface area (Å²) < 4.78 is 0. The molecule has 182 valence electrons. The number of allylic oxidation sites excluding steroid dienone is 2. The average Bonchev–Trinajstić information content (AvgIpc) is 2.78. The van der Waals surface area contributed by atoms with Gasteiger partial charge in [0.15, 0.2) is 0 Å². The van der Waals surface area contributed by atoms with Gasteiger partial charge in [0.2, 0.25) is 0 Å². The zero-order valence-electron chi connectivity index (χ0n) is 19.5. The van der Waals surface area contributed by atoms with Crippen molar-refractivity contribution in [1.29, 1.82) is 0 Å². The number of aliphatic hydroxyl groups is 3. The Bertz CT molecular complexity index is 479. The van der Waals surface area contributed by atoms with E-state index in [-0.39, 0.29) is 6.42 Å². The van der Waals surface area contributed by atoms with Crippen molar-refractivity contribution in [3.8, 4) is 0 Å². The minimum atomic E-state index is -1.50. The molecule has 7 nitrogen and oxygen atoms in total. The number of rotatable bonds is 19. The van der Waals surface area contributed by atoms with Crippen LogP contribution in [-0.4, -0.2) is 46.1 Å². The molecule has 0 aromatic heterocycles. The van der Waals surface area contributed by atoms with Crippen LogP contribution >= 0.6 is 0 Å².